The Morgan fingerprint density at radius 3 is 2.90 bits per heavy atom. The number of aliphatic hydroxyl groups is 1. The van der Waals surface area contributed by atoms with E-state index in [9.17, 15) is 5.11 Å². The summed E-state index contributed by atoms with van der Waals surface area (Å²) in [5, 5.41) is 10.8. The van der Waals surface area contributed by atoms with Crippen molar-refractivity contribution in [1.82, 2.24) is 0 Å². The molecular formula is C17H17ClO2. The molecule has 0 spiro atoms. The maximum absolute atomic E-state index is 10.0. The minimum atomic E-state index is -0.359. The molecular weight excluding hydrogens is 272 g/mol. The van der Waals surface area contributed by atoms with Crippen LogP contribution in [0.1, 0.15) is 35.6 Å². The number of benzene rings is 2. The molecule has 1 N–H and O–H groups in total. The van der Waals surface area contributed by atoms with Crippen molar-refractivity contribution in [3.63, 3.8) is 0 Å². The van der Waals surface area contributed by atoms with E-state index in [-0.39, 0.29) is 6.10 Å². The monoisotopic (exact) mass is 288 g/mol. The SMILES string of the molecule is OC1CCCc2ccc(OCc3ccccc3Cl)cc21. The van der Waals surface area contributed by atoms with Gasteiger partial charge in [0.25, 0.3) is 0 Å². The number of hydrogen-bond acceptors (Lipinski definition) is 2. The molecule has 3 rings (SSSR count). The van der Waals surface area contributed by atoms with Gasteiger partial charge in [0.05, 0.1) is 6.10 Å². The van der Waals surface area contributed by atoms with Crippen molar-refractivity contribution in [2.24, 2.45) is 0 Å². The van der Waals surface area contributed by atoms with Crippen LogP contribution in [0.15, 0.2) is 42.5 Å². The predicted octanol–water partition coefficient (Wildman–Crippen LogP) is 4.29. The van der Waals surface area contributed by atoms with E-state index in [2.05, 4.69) is 6.07 Å². The van der Waals surface area contributed by atoms with Crippen molar-refractivity contribution in [1.29, 1.82) is 0 Å². The summed E-state index contributed by atoms with van der Waals surface area (Å²) in [6.45, 7) is 0.439. The van der Waals surface area contributed by atoms with E-state index in [0.717, 1.165) is 36.1 Å². The van der Waals surface area contributed by atoms with Gasteiger partial charge in [-0.05, 0) is 48.6 Å². The molecule has 0 saturated heterocycles. The zero-order valence-corrected chi connectivity index (χ0v) is 11.9. The molecule has 2 nitrogen and oxygen atoms in total. The quantitative estimate of drug-likeness (QED) is 0.913. The fraction of sp³-hybridized carbons (Fsp3) is 0.294. The highest BCUT2D eigenvalue weighted by Gasteiger charge is 2.18. The van der Waals surface area contributed by atoms with E-state index in [0.29, 0.717) is 11.6 Å². The van der Waals surface area contributed by atoms with Crippen LogP contribution in [0.2, 0.25) is 5.02 Å². The Bertz CT molecular complexity index is 610. The summed E-state index contributed by atoms with van der Waals surface area (Å²) < 4.78 is 5.79. The molecule has 0 saturated carbocycles. The number of hydrogen-bond donors (Lipinski definition) is 1. The third-order valence-corrected chi connectivity index (χ3v) is 4.12. The number of aliphatic hydroxyl groups excluding tert-OH is 1. The molecule has 2 aromatic carbocycles. The average molecular weight is 289 g/mol. The number of ether oxygens (including phenoxy) is 1. The van der Waals surface area contributed by atoms with E-state index in [1.165, 1.54) is 5.56 Å². The standard InChI is InChI=1S/C17H17ClO2/c18-16-6-2-1-4-13(16)11-20-14-9-8-12-5-3-7-17(19)15(12)10-14/h1-2,4,6,8-10,17,19H,3,5,7,11H2. The number of rotatable bonds is 3. The Balaban J connectivity index is 1.75. The lowest BCUT2D eigenvalue weighted by atomic mass is 9.89. The topological polar surface area (TPSA) is 29.5 Å². The maximum Gasteiger partial charge on any atom is 0.120 e. The van der Waals surface area contributed by atoms with E-state index in [1.807, 2.05) is 36.4 Å². The Morgan fingerprint density at radius 1 is 1.20 bits per heavy atom. The van der Waals surface area contributed by atoms with Crippen molar-refractivity contribution in [2.45, 2.75) is 32.0 Å². The minimum absolute atomic E-state index is 0.359. The second kappa shape index (κ2) is 5.86. The summed E-state index contributed by atoms with van der Waals surface area (Å²) in [6, 6.07) is 13.6. The van der Waals surface area contributed by atoms with Gasteiger partial charge in [0.15, 0.2) is 0 Å². The van der Waals surface area contributed by atoms with Gasteiger partial charge in [0.1, 0.15) is 12.4 Å². The van der Waals surface area contributed by atoms with Gasteiger partial charge in [-0.15, -0.1) is 0 Å². The normalized spacial score (nSPS) is 17.6. The van der Waals surface area contributed by atoms with Gasteiger partial charge in [-0.25, -0.2) is 0 Å². The van der Waals surface area contributed by atoms with Crippen LogP contribution >= 0.6 is 11.6 Å². The average Bonchev–Trinajstić information content (AvgIpc) is 2.47. The highest BCUT2D eigenvalue weighted by molar-refractivity contribution is 6.31. The second-order valence-electron chi connectivity index (χ2n) is 5.15. The first-order valence-electron chi connectivity index (χ1n) is 6.91. The van der Waals surface area contributed by atoms with Gasteiger partial charge in [-0.1, -0.05) is 35.9 Å². The number of aryl methyl sites for hydroxylation is 1. The van der Waals surface area contributed by atoms with Crippen molar-refractivity contribution in [2.75, 3.05) is 0 Å². The van der Waals surface area contributed by atoms with Gasteiger partial charge < -0.3 is 9.84 Å². The van der Waals surface area contributed by atoms with Crippen LogP contribution < -0.4 is 4.74 Å². The van der Waals surface area contributed by atoms with E-state index >= 15 is 0 Å². The van der Waals surface area contributed by atoms with Crippen LogP contribution in [0.4, 0.5) is 0 Å². The van der Waals surface area contributed by atoms with Crippen molar-refractivity contribution >= 4 is 11.6 Å². The summed E-state index contributed by atoms with van der Waals surface area (Å²) in [6.07, 6.45) is 2.56. The third kappa shape index (κ3) is 2.82. The van der Waals surface area contributed by atoms with Crippen LogP contribution in [0.25, 0.3) is 0 Å². The van der Waals surface area contributed by atoms with Gasteiger partial charge in [-0.2, -0.15) is 0 Å². The van der Waals surface area contributed by atoms with E-state index in [1.54, 1.807) is 0 Å². The number of halogens is 1. The first kappa shape index (κ1) is 13.5. The molecule has 104 valence electrons. The van der Waals surface area contributed by atoms with Crippen molar-refractivity contribution in [3.05, 3.63) is 64.2 Å². The highest BCUT2D eigenvalue weighted by Crippen LogP contribution is 2.32. The Morgan fingerprint density at radius 2 is 2.05 bits per heavy atom. The van der Waals surface area contributed by atoms with Crippen LogP contribution in [0, 0.1) is 0 Å². The highest BCUT2D eigenvalue weighted by atomic mass is 35.5. The van der Waals surface area contributed by atoms with Crippen molar-refractivity contribution < 1.29 is 9.84 Å². The molecule has 1 aliphatic carbocycles. The maximum atomic E-state index is 10.0. The summed E-state index contributed by atoms with van der Waals surface area (Å²) >= 11 is 6.11. The summed E-state index contributed by atoms with van der Waals surface area (Å²) in [4.78, 5) is 0. The van der Waals surface area contributed by atoms with Crippen LogP contribution in [-0.2, 0) is 13.0 Å². The molecule has 0 radical (unpaired) electrons. The molecule has 20 heavy (non-hydrogen) atoms. The summed E-state index contributed by atoms with van der Waals surface area (Å²) in [5.41, 5.74) is 3.20. The van der Waals surface area contributed by atoms with E-state index in [4.69, 9.17) is 16.3 Å². The van der Waals surface area contributed by atoms with Gasteiger partial charge >= 0.3 is 0 Å². The number of fused-ring (bicyclic) bond motifs is 1. The van der Waals surface area contributed by atoms with Crippen LogP contribution in [0.5, 0.6) is 5.75 Å². The Labute approximate surface area is 124 Å². The fourth-order valence-electron chi connectivity index (χ4n) is 2.62. The molecule has 3 heteroatoms. The lowest BCUT2D eigenvalue weighted by Gasteiger charge is -2.22. The summed E-state index contributed by atoms with van der Waals surface area (Å²) in [5.74, 6) is 0.782. The summed E-state index contributed by atoms with van der Waals surface area (Å²) in [7, 11) is 0. The molecule has 0 aromatic heterocycles. The van der Waals surface area contributed by atoms with Gasteiger partial charge in [0.2, 0.25) is 0 Å². The molecule has 0 bridgehead atoms. The molecule has 1 aliphatic rings. The van der Waals surface area contributed by atoms with Crippen molar-refractivity contribution in [3.8, 4) is 5.75 Å². The first-order valence-corrected chi connectivity index (χ1v) is 7.29. The lowest BCUT2D eigenvalue weighted by molar-refractivity contribution is 0.156. The Hall–Kier alpha value is -1.51. The third-order valence-electron chi connectivity index (χ3n) is 3.75. The van der Waals surface area contributed by atoms with Crippen LogP contribution in [0.3, 0.4) is 0 Å². The Kier molecular flexibility index (Phi) is 3.95. The molecule has 2 aromatic rings. The largest absolute Gasteiger partial charge is 0.489 e. The molecule has 0 fully saturated rings. The van der Waals surface area contributed by atoms with Crippen LogP contribution in [-0.4, -0.2) is 5.11 Å². The molecule has 1 unspecified atom stereocenters. The fourth-order valence-corrected chi connectivity index (χ4v) is 2.81. The predicted molar refractivity (Wildman–Crippen MR) is 80.1 cm³/mol. The van der Waals surface area contributed by atoms with E-state index < -0.39 is 0 Å². The smallest absolute Gasteiger partial charge is 0.120 e. The zero-order valence-electron chi connectivity index (χ0n) is 11.2. The molecule has 0 heterocycles. The zero-order chi connectivity index (χ0) is 13.9. The molecule has 1 atom stereocenters. The molecule has 0 amide bonds. The van der Waals surface area contributed by atoms with Gasteiger partial charge in [-0.3, -0.25) is 0 Å². The van der Waals surface area contributed by atoms with Gasteiger partial charge in [0, 0.05) is 10.6 Å². The first-order chi connectivity index (χ1) is 9.74. The molecule has 0 aliphatic heterocycles. The minimum Gasteiger partial charge on any atom is -0.489 e. The lowest BCUT2D eigenvalue weighted by Crippen LogP contribution is -2.09. The second-order valence-corrected chi connectivity index (χ2v) is 5.56.